The van der Waals surface area contributed by atoms with Crippen molar-refractivity contribution in [3.05, 3.63) is 35.7 Å². The van der Waals surface area contributed by atoms with Crippen molar-refractivity contribution in [1.82, 2.24) is 9.55 Å². The number of benzene rings is 1. The van der Waals surface area contributed by atoms with Crippen molar-refractivity contribution in [3.8, 4) is 11.3 Å². The van der Waals surface area contributed by atoms with Gasteiger partial charge in [0, 0.05) is 18.0 Å². The van der Waals surface area contributed by atoms with Crippen LogP contribution in [0.3, 0.4) is 0 Å². The lowest BCUT2D eigenvalue weighted by Crippen LogP contribution is -2.06. The number of hydrogen-bond donors (Lipinski definition) is 1. The summed E-state index contributed by atoms with van der Waals surface area (Å²) >= 11 is 0. The van der Waals surface area contributed by atoms with Crippen LogP contribution in [0.4, 0.5) is 5.82 Å². The molecule has 1 aromatic heterocycles. The molecule has 3 heteroatoms. The third kappa shape index (κ3) is 2.21. The van der Waals surface area contributed by atoms with Gasteiger partial charge in [0.05, 0.1) is 0 Å². The molecule has 3 rings (SSSR count). The van der Waals surface area contributed by atoms with Gasteiger partial charge in [-0.25, -0.2) is 4.98 Å². The molecule has 0 bridgehead atoms. The van der Waals surface area contributed by atoms with Crippen LogP contribution < -0.4 is 5.73 Å². The van der Waals surface area contributed by atoms with Gasteiger partial charge < -0.3 is 10.3 Å². The first kappa shape index (κ1) is 13.2. The Morgan fingerprint density at radius 3 is 2.65 bits per heavy atom. The predicted molar refractivity (Wildman–Crippen MR) is 83.7 cm³/mol. The Bertz CT molecular complexity index is 609. The van der Waals surface area contributed by atoms with Crippen LogP contribution in [0.1, 0.15) is 50.4 Å². The van der Waals surface area contributed by atoms with Gasteiger partial charge in [-0.3, -0.25) is 0 Å². The lowest BCUT2D eigenvalue weighted by atomic mass is 10.0. The fourth-order valence-electron chi connectivity index (χ4n) is 2.85. The van der Waals surface area contributed by atoms with Crippen LogP contribution in [0, 0.1) is 0 Å². The Kier molecular flexibility index (Phi) is 3.51. The summed E-state index contributed by atoms with van der Waals surface area (Å²) in [5, 5.41) is 0. The van der Waals surface area contributed by atoms with E-state index < -0.39 is 0 Å². The fourth-order valence-corrected chi connectivity index (χ4v) is 2.85. The standard InChI is InChI=1S/C17H23N3/c1-3-11-20-16(18)15(19-17(20)13-9-10-13)14-8-6-5-7-12(14)4-2/h5-8,13H,3-4,9-11,18H2,1-2H3. The molecular weight excluding hydrogens is 246 g/mol. The Labute approximate surface area is 120 Å². The summed E-state index contributed by atoms with van der Waals surface area (Å²) in [6.45, 7) is 5.34. The van der Waals surface area contributed by atoms with Crippen LogP contribution in [0.5, 0.6) is 0 Å². The molecule has 1 aliphatic rings. The number of nitrogen functional groups attached to an aromatic ring is 1. The van der Waals surface area contributed by atoms with Crippen LogP contribution in [-0.4, -0.2) is 9.55 Å². The van der Waals surface area contributed by atoms with Gasteiger partial charge in [0.1, 0.15) is 17.3 Å². The summed E-state index contributed by atoms with van der Waals surface area (Å²) in [6, 6.07) is 8.47. The average Bonchev–Trinajstić information content (AvgIpc) is 3.26. The molecule has 0 atom stereocenters. The first-order valence-corrected chi connectivity index (χ1v) is 7.70. The van der Waals surface area contributed by atoms with E-state index in [2.05, 4.69) is 42.7 Å². The molecule has 0 amide bonds. The van der Waals surface area contributed by atoms with Gasteiger partial charge >= 0.3 is 0 Å². The third-order valence-corrected chi connectivity index (χ3v) is 4.08. The summed E-state index contributed by atoms with van der Waals surface area (Å²) in [5.41, 5.74) is 9.92. The minimum absolute atomic E-state index is 0.631. The zero-order chi connectivity index (χ0) is 14.1. The van der Waals surface area contributed by atoms with E-state index in [9.17, 15) is 0 Å². The second-order valence-corrected chi connectivity index (χ2v) is 5.64. The van der Waals surface area contributed by atoms with E-state index in [0.717, 1.165) is 30.9 Å². The second-order valence-electron chi connectivity index (χ2n) is 5.64. The van der Waals surface area contributed by atoms with Gasteiger partial charge in [0.15, 0.2) is 0 Å². The molecule has 0 unspecified atom stereocenters. The average molecular weight is 269 g/mol. The molecule has 0 aliphatic heterocycles. The molecule has 1 saturated carbocycles. The molecular formula is C17H23N3. The highest BCUT2D eigenvalue weighted by Gasteiger charge is 2.31. The molecule has 106 valence electrons. The number of hydrogen-bond acceptors (Lipinski definition) is 2. The topological polar surface area (TPSA) is 43.8 Å². The number of nitrogens with two attached hydrogens (primary N) is 1. The summed E-state index contributed by atoms with van der Waals surface area (Å²) in [4.78, 5) is 4.91. The lowest BCUT2D eigenvalue weighted by molar-refractivity contribution is 0.646. The molecule has 2 aromatic rings. The van der Waals surface area contributed by atoms with Crippen LogP contribution >= 0.6 is 0 Å². The van der Waals surface area contributed by atoms with Gasteiger partial charge in [-0.15, -0.1) is 0 Å². The first-order chi connectivity index (χ1) is 9.76. The SMILES string of the molecule is CCCn1c(C2CC2)nc(-c2ccccc2CC)c1N. The molecule has 2 N–H and O–H groups in total. The van der Waals surface area contributed by atoms with E-state index >= 15 is 0 Å². The van der Waals surface area contributed by atoms with E-state index in [1.165, 1.54) is 29.8 Å². The van der Waals surface area contributed by atoms with E-state index in [4.69, 9.17) is 10.7 Å². The van der Waals surface area contributed by atoms with Gasteiger partial charge in [-0.1, -0.05) is 38.1 Å². The summed E-state index contributed by atoms with van der Waals surface area (Å²) in [6.07, 6.45) is 4.62. The summed E-state index contributed by atoms with van der Waals surface area (Å²) in [7, 11) is 0. The lowest BCUT2D eigenvalue weighted by Gasteiger charge is -2.08. The summed E-state index contributed by atoms with van der Waals surface area (Å²) in [5.74, 6) is 2.67. The molecule has 0 spiro atoms. The molecule has 20 heavy (non-hydrogen) atoms. The molecule has 1 fully saturated rings. The maximum Gasteiger partial charge on any atom is 0.131 e. The van der Waals surface area contributed by atoms with Gasteiger partial charge in [-0.2, -0.15) is 0 Å². The monoisotopic (exact) mass is 269 g/mol. The number of imidazole rings is 1. The highest BCUT2D eigenvalue weighted by molar-refractivity contribution is 5.74. The van der Waals surface area contributed by atoms with E-state index in [1.807, 2.05) is 0 Å². The van der Waals surface area contributed by atoms with E-state index in [1.54, 1.807) is 0 Å². The number of rotatable bonds is 5. The number of anilines is 1. The highest BCUT2D eigenvalue weighted by Crippen LogP contribution is 2.42. The van der Waals surface area contributed by atoms with Crippen molar-refractivity contribution in [2.45, 2.75) is 52.0 Å². The third-order valence-electron chi connectivity index (χ3n) is 4.08. The van der Waals surface area contributed by atoms with Crippen molar-refractivity contribution in [2.24, 2.45) is 0 Å². The summed E-state index contributed by atoms with van der Waals surface area (Å²) < 4.78 is 2.24. The minimum Gasteiger partial charge on any atom is -0.383 e. The normalized spacial score (nSPS) is 14.7. The molecule has 1 aromatic carbocycles. The van der Waals surface area contributed by atoms with Crippen molar-refractivity contribution in [1.29, 1.82) is 0 Å². The largest absolute Gasteiger partial charge is 0.383 e. The highest BCUT2D eigenvalue weighted by atomic mass is 15.1. The van der Waals surface area contributed by atoms with E-state index in [-0.39, 0.29) is 0 Å². The zero-order valence-electron chi connectivity index (χ0n) is 12.4. The number of aryl methyl sites for hydroxylation is 1. The minimum atomic E-state index is 0.631. The molecule has 0 saturated heterocycles. The quantitative estimate of drug-likeness (QED) is 0.892. The van der Waals surface area contributed by atoms with Crippen molar-refractivity contribution < 1.29 is 0 Å². The van der Waals surface area contributed by atoms with Crippen LogP contribution in [-0.2, 0) is 13.0 Å². The Morgan fingerprint density at radius 1 is 1.25 bits per heavy atom. The zero-order valence-corrected chi connectivity index (χ0v) is 12.4. The molecule has 0 radical (unpaired) electrons. The molecule has 1 heterocycles. The first-order valence-electron chi connectivity index (χ1n) is 7.70. The van der Waals surface area contributed by atoms with Crippen LogP contribution in [0.2, 0.25) is 0 Å². The fraction of sp³-hybridized carbons (Fsp3) is 0.471. The molecule has 1 aliphatic carbocycles. The van der Waals surface area contributed by atoms with Crippen LogP contribution in [0.25, 0.3) is 11.3 Å². The van der Waals surface area contributed by atoms with Crippen molar-refractivity contribution in [2.75, 3.05) is 5.73 Å². The maximum absolute atomic E-state index is 6.41. The maximum atomic E-state index is 6.41. The Morgan fingerprint density at radius 2 is 2.00 bits per heavy atom. The smallest absolute Gasteiger partial charge is 0.131 e. The van der Waals surface area contributed by atoms with Crippen LogP contribution in [0.15, 0.2) is 24.3 Å². The number of nitrogens with zero attached hydrogens (tertiary/aromatic N) is 2. The van der Waals surface area contributed by atoms with Gasteiger partial charge in [-0.05, 0) is 31.2 Å². The molecule has 3 nitrogen and oxygen atoms in total. The van der Waals surface area contributed by atoms with Crippen molar-refractivity contribution in [3.63, 3.8) is 0 Å². The Balaban J connectivity index is 2.11. The van der Waals surface area contributed by atoms with E-state index in [0.29, 0.717) is 5.92 Å². The Hall–Kier alpha value is -1.77. The predicted octanol–water partition coefficient (Wildman–Crippen LogP) is 3.98. The van der Waals surface area contributed by atoms with Gasteiger partial charge in [0.25, 0.3) is 0 Å². The van der Waals surface area contributed by atoms with Gasteiger partial charge in [0.2, 0.25) is 0 Å². The van der Waals surface area contributed by atoms with Crippen molar-refractivity contribution >= 4 is 5.82 Å². The second kappa shape index (κ2) is 5.31. The number of aromatic nitrogens is 2.